The lowest BCUT2D eigenvalue weighted by atomic mass is 10.4. The maximum atomic E-state index is 11.6. The molecule has 0 unspecified atom stereocenters. The van der Waals surface area contributed by atoms with Crippen molar-refractivity contribution in [3.05, 3.63) is 29.0 Å². The number of H-pyrrole nitrogens is 1. The minimum atomic E-state index is -0.235. The van der Waals surface area contributed by atoms with Gasteiger partial charge in [-0.15, -0.1) is 11.3 Å². The Hall–Kier alpha value is -1.82. The fraction of sp³-hybridized carbons (Fsp3) is 0.111. The van der Waals surface area contributed by atoms with Crippen molar-refractivity contribution < 1.29 is 4.79 Å². The zero-order chi connectivity index (χ0) is 10.8. The second kappa shape index (κ2) is 3.74. The molecule has 2 heterocycles. The summed E-state index contributed by atoms with van der Waals surface area (Å²) in [6, 6.07) is 1.58. The minimum absolute atomic E-state index is 0.235. The van der Waals surface area contributed by atoms with E-state index in [4.69, 9.17) is 5.73 Å². The molecule has 0 aromatic carbocycles. The Morgan fingerprint density at radius 3 is 3.00 bits per heavy atom. The zero-order valence-corrected chi connectivity index (χ0v) is 8.89. The van der Waals surface area contributed by atoms with Crippen molar-refractivity contribution in [2.45, 2.75) is 6.92 Å². The lowest BCUT2D eigenvalue weighted by molar-refractivity contribution is 0.102. The first-order chi connectivity index (χ1) is 7.15. The summed E-state index contributed by atoms with van der Waals surface area (Å²) < 4.78 is 0. The van der Waals surface area contributed by atoms with E-state index < -0.39 is 0 Å². The third kappa shape index (κ3) is 2.16. The number of hydrogen-bond acceptors (Lipinski definition) is 4. The molecule has 2 aromatic rings. The topological polar surface area (TPSA) is 83.8 Å². The molecular weight excluding hydrogens is 212 g/mol. The average molecular weight is 222 g/mol. The predicted octanol–water partition coefficient (Wildman–Crippen LogP) is 1.61. The molecule has 0 radical (unpaired) electrons. The van der Waals surface area contributed by atoms with Crippen LogP contribution in [0.4, 0.5) is 10.8 Å². The number of amides is 1. The highest BCUT2D eigenvalue weighted by Crippen LogP contribution is 2.17. The fourth-order valence-electron chi connectivity index (χ4n) is 1.12. The maximum absolute atomic E-state index is 11.6. The molecule has 0 spiro atoms. The van der Waals surface area contributed by atoms with Crippen molar-refractivity contribution in [3.63, 3.8) is 0 Å². The van der Waals surface area contributed by atoms with Crippen LogP contribution in [-0.2, 0) is 0 Å². The van der Waals surface area contributed by atoms with Crippen LogP contribution >= 0.6 is 11.3 Å². The van der Waals surface area contributed by atoms with E-state index in [1.807, 2.05) is 6.92 Å². The molecular formula is C9H10N4OS. The van der Waals surface area contributed by atoms with Crippen molar-refractivity contribution in [2.75, 3.05) is 11.1 Å². The van der Waals surface area contributed by atoms with Gasteiger partial charge in [0.2, 0.25) is 0 Å². The molecule has 2 aromatic heterocycles. The van der Waals surface area contributed by atoms with E-state index in [-0.39, 0.29) is 5.91 Å². The zero-order valence-electron chi connectivity index (χ0n) is 8.07. The van der Waals surface area contributed by atoms with Crippen LogP contribution in [0.5, 0.6) is 0 Å². The van der Waals surface area contributed by atoms with Gasteiger partial charge in [-0.25, -0.2) is 4.98 Å². The Morgan fingerprint density at radius 2 is 2.47 bits per heavy atom. The van der Waals surface area contributed by atoms with E-state index in [1.165, 1.54) is 11.3 Å². The molecule has 0 bridgehead atoms. The number of anilines is 2. The standard InChI is InChI=1S/C9H10N4OS/c1-5-3-12-9(15-5)13-8(14)7-2-6(10)4-11-7/h2-4,11H,10H2,1H3,(H,12,13,14). The monoisotopic (exact) mass is 222 g/mol. The Balaban J connectivity index is 2.10. The summed E-state index contributed by atoms with van der Waals surface area (Å²) >= 11 is 1.43. The van der Waals surface area contributed by atoms with Gasteiger partial charge < -0.3 is 10.7 Å². The number of carbonyl (C=O) groups excluding carboxylic acids is 1. The van der Waals surface area contributed by atoms with Crippen molar-refractivity contribution in [1.82, 2.24) is 9.97 Å². The lowest BCUT2D eigenvalue weighted by Crippen LogP contribution is -2.11. The molecule has 0 saturated heterocycles. The van der Waals surface area contributed by atoms with Gasteiger partial charge in [-0.05, 0) is 13.0 Å². The highest BCUT2D eigenvalue weighted by atomic mass is 32.1. The van der Waals surface area contributed by atoms with Gasteiger partial charge in [-0.1, -0.05) is 0 Å². The van der Waals surface area contributed by atoms with Crippen LogP contribution in [0.1, 0.15) is 15.4 Å². The molecule has 0 aliphatic rings. The number of aromatic amines is 1. The van der Waals surface area contributed by atoms with Gasteiger partial charge >= 0.3 is 0 Å². The molecule has 78 valence electrons. The third-order valence-electron chi connectivity index (χ3n) is 1.79. The molecule has 4 N–H and O–H groups in total. The molecule has 2 rings (SSSR count). The number of thiazole rings is 1. The summed E-state index contributed by atoms with van der Waals surface area (Å²) in [5, 5.41) is 3.26. The van der Waals surface area contributed by atoms with Crippen LogP contribution in [0.3, 0.4) is 0 Å². The van der Waals surface area contributed by atoms with E-state index in [2.05, 4.69) is 15.3 Å². The lowest BCUT2D eigenvalue weighted by Gasteiger charge is -1.97. The van der Waals surface area contributed by atoms with Crippen molar-refractivity contribution in [3.8, 4) is 0 Å². The molecule has 1 amide bonds. The van der Waals surface area contributed by atoms with E-state index in [1.54, 1.807) is 18.5 Å². The summed E-state index contributed by atoms with van der Waals surface area (Å²) in [7, 11) is 0. The van der Waals surface area contributed by atoms with Crippen molar-refractivity contribution in [1.29, 1.82) is 0 Å². The Morgan fingerprint density at radius 1 is 1.67 bits per heavy atom. The number of carbonyl (C=O) groups is 1. The first kappa shape index (κ1) is 9.72. The van der Waals surface area contributed by atoms with Gasteiger partial charge in [0.15, 0.2) is 5.13 Å². The summed E-state index contributed by atoms with van der Waals surface area (Å²) in [5.41, 5.74) is 6.46. The second-order valence-electron chi connectivity index (χ2n) is 3.08. The van der Waals surface area contributed by atoms with Crippen LogP contribution in [0.2, 0.25) is 0 Å². The highest BCUT2D eigenvalue weighted by Gasteiger charge is 2.09. The first-order valence-corrected chi connectivity index (χ1v) is 5.14. The predicted molar refractivity (Wildman–Crippen MR) is 60.0 cm³/mol. The molecule has 0 fully saturated rings. The Bertz CT molecular complexity index is 488. The molecule has 0 saturated carbocycles. The molecule has 5 nitrogen and oxygen atoms in total. The molecule has 6 heteroatoms. The van der Waals surface area contributed by atoms with Crippen molar-refractivity contribution >= 4 is 28.1 Å². The van der Waals surface area contributed by atoms with E-state index >= 15 is 0 Å². The largest absolute Gasteiger partial charge is 0.397 e. The Kier molecular flexibility index (Phi) is 2.42. The normalized spacial score (nSPS) is 10.2. The third-order valence-corrected chi connectivity index (χ3v) is 2.62. The summed E-state index contributed by atoms with van der Waals surface area (Å²) in [6.45, 7) is 1.93. The molecule has 0 atom stereocenters. The van der Waals surface area contributed by atoms with Gasteiger partial charge in [0.05, 0.1) is 0 Å². The van der Waals surface area contributed by atoms with E-state index in [0.717, 1.165) is 4.88 Å². The summed E-state index contributed by atoms with van der Waals surface area (Å²) in [5.74, 6) is -0.235. The number of aromatic nitrogens is 2. The first-order valence-electron chi connectivity index (χ1n) is 4.33. The van der Waals surface area contributed by atoms with Crippen LogP contribution in [-0.4, -0.2) is 15.9 Å². The summed E-state index contributed by atoms with van der Waals surface area (Å²) in [6.07, 6.45) is 3.28. The van der Waals surface area contributed by atoms with E-state index in [0.29, 0.717) is 16.5 Å². The Labute approximate surface area is 90.3 Å². The second-order valence-corrected chi connectivity index (χ2v) is 4.31. The number of nitrogens with zero attached hydrogens (tertiary/aromatic N) is 1. The number of rotatable bonds is 2. The van der Waals surface area contributed by atoms with Gasteiger partial charge in [0, 0.05) is 23.0 Å². The van der Waals surface area contributed by atoms with Crippen LogP contribution in [0.15, 0.2) is 18.5 Å². The smallest absolute Gasteiger partial charge is 0.273 e. The number of nitrogens with two attached hydrogens (primary N) is 1. The van der Waals surface area contributed by atoms with Gasteiger partial charge in [-0.2, -0.15) is 0 Å². The fourth-order valence-corrected chi connectivity index (χ4v) is 1.78. The van der Waals surface area contributed by atoms with Crippen LogP contribution in [0, 0.1) is 6.92 Å². The van der Waals surface area contributed by atoms with Gasteiger partial charge in [0.25, 0.3) is 5.91 Å². The number of nitrogen functional groups attached to an aromatic ring is 1. The minimum Gasteiger partial charge on any atom is -0.397 e. The van der Waals surface area contributed by atoms with Gasteiger partial charge in [-0.3, -0.25) is 10.1 Å². The number of aryl methyl sites for hydroxylation is 1. The van der Waals surface area contributed by atoms with E-state index in [9.17, 15) is 4.79 Å². The number of nitrogens with one attached hydrogen (secondary N) is 2. The van der Waals surface area contributed by atoms with Gasteiger partial charge in [0.1, 0.15) is 5.69 Å². The highest BCUT2D eigenvalue weighted by molar-refractivity contribution is 7.15. The number of hydrogen-bond donors (Lipinski definition) is 3. The quantitative estimate of drug-likeness (QED) is 0.721. The van der Waals surface area contributed by atoms with Crippen LogP contribution < -0.4 is 11.1 Å². The maximum Gasteiger partial charge on any atom is 0.273 e. The molecule has 0 aliphatic heterocycles. The SMILES string of the molecule is Cc1cnc(NC(=O)c2cc(N)c[nH]2)s1. The molecule has 15 heavy (non-hydrogen) atoms. The van der Waals surface area contributed by atoms with Crippen LogP contribution in [0.25, 0.3) is 0 Å². The average Bonchev–Trinajstić information content (AvgIpc) is 2.75. The molecule has 0 aliphatic carbocycles. The van der Waals surface area contributed by atoms with Crippen molar-refractivity contribution in [2.24, 2.45) is 0 Å². The summed E-state index contributed by atoms with van der Waals surface area (Å²) in [4.78, 5) is 19.5.